The van der Waals surface area contributed by atoms with Gasteiger partial charge in [-0.1, -0.05) is 24.3 Å². The van der Waals surface area contributed by atoms with E-state index in [1.807, 2.05) is 0 Å². The number of hydrogen-bond acceptors (Lipinski definition) is 3. The van der Waals surface area contributed by atoms with Gasteiger partial charge in [0.2, 0.25) is 5.91 Å². The molecule has 1 saturated heterocycles. The second-order valence-corrected chi connectivity index (χ2v) is 5.19. The molecule has 0 saturated carbocycles. The lowest BCUT2D eigenvalue weighted by Gasteiger charge is -2.19. The Morgan fingerprint density at radius 2 is 2.33 bits per heavy atom. The molecule has 0 bridgehead atoms. The molecule has 100 valence electrons. The molecule has 1 fully saturated rings. The maximum atomic E-state index is 12.9. The molecule has 0 aromatic heterocycles. The number of hydrogen-bond donors (Lipinski definition) is 1. The lowest BCUT2D eigenvalue weighted by atomic mass is 10.1. The zero-order chi connectivity index (χ0) is 13.5. The number of allylic oxidation sites excluding steroid dienone is 4. The third-order valence-corrected chi connectivity index (χ3v) is 3.58. The fourth-order valence-corrected chi connectivity index (χ4v) is 2.51. The third kappa shape index (κ3) is 4.66. The molecule has 0 aliphatic carbocycles. The summed E-state index contributed by atoms with van der Waals surface area (Å²) in [6.45, 7) is 6.14. The molecule has 0 aromatic carbocycles. The summed E-state index contributed by atoms with van der Waals surface area (Å²) >= 11 is 1.72. The second kappa shape index (κ2) is 7.38. The van der Waals surface area contributed by atoms with Crippen LogP contribution < -0.4 is 5.73 Å². The standard InChI is InChI=1S/C13H19FN2OS/c1-3-11(14)5-4-10(2)8-12(15)13(17)16-6-7-18-9-16/h3-5,12H,2,6-9,15H2,1H3/b5-4-,11-3+/t12-/m0/s1. The van der Waals surface area contributed by atoms with Gasteiger partial charge in [0, 0.05) is 12.3 Å². The zero-order valence-electron chi connectivity index (χ0n) is 10.6. The van der Waals surface area contributed by atoms with Crippen LogP contribution in [0.3, 0.4) is 0 Å². The van der Waals surface area contributed by atoms with Crippen molar-refractivity contribution < 1.29 is 9.18 Å². The Morgan fingerprint density at radius 3 is 2.89 bits per heavy atom. The Labute approximate surface area is 112 Å². The highest BCUT2D eigenvalue weighted by atomic mass is 32.2. The lowest BCUT2D eigenvalue weighted by Crippen LogP contribution is -2.42. The van der Waals surface area contributed by atoms with E-state index in [0.29, 0.717) is 17.9 Å². The minimum Gasteiger partial charge on any atom is -0.331 e. The zero-order valence-corrected chi connectivity index (χ0v) is 11.4. The highest BCUT2D eigenvalue weighted by Gasteiger charge is 2.23. The molecule has 18 heavy (non-hydrogen) atoms. The summed E-state index contributed by atoms with van der Waals surface area (Å²) in [5, 5.41) is 0. The maximum Gasteiger partial charge on any atom is 0.240 e. The van der Waals surface area contributed by atoms with Gasteiger partial charge in [0.1, 0.15) is 5.83 Å². The summed E-state index contributed by atoms with van der Waals surface area (Å²) in [6, 6.07) is -0.588. The number of amides is 1. The van der Waals surface area contributed by atoms with Crippen LogP contribution in [0.15, 0.2) is 36.2 Å². The first-order valence-corrected chi connectivity index (χ1v) is 7.00. The van der Waals surface area contributed by atoms with Crippen LogP contribution in [0.5, 0.6) is 0 Å². The smallest absolute Gasteiger partial charge is 0.240 e. The summed E-state index contributed by atoms with van der Waals surface area (Å²) in [7, 11) is 0. The summed E-state index contributed by atoms with van der Waals surface area (Å²) in [5.41, 5.74) is 6.49. The summed E-state index contributed by atoms with van der Waals surface area (Å²) < 4.78 is 12.9. The fourth-order valence-electron chi connectivity index (χ4n) is 1.55. The van der Waals surface area contributed by atoms with Crippen LogP contribution in [0, 0.1) is 0 Å². The van der Waals surface area contributed by atoms with Crippen LogP contribution >= 0.6 is 11.8 Å². The number of carbonyl (C=O) groups is 1. The monoisotopic (exact) mass is 270 g/mol. The number of nitrogens with two attached hydrogens (primary N) is 1. The largest absolute Gasteiger partial charge is 0.331 e. The van der Waals surface area contributed by atoms with Gasteiger partial charge in [-0.25, -0.2) is 4.39 Å². The Kier molecular flexibility index (Phi) is 6.15. The van der Waals surface area contributed by atoms with Crippen LogP contribution in [0.1, 0.15) is 13.3 Å². The van der Waals surface area contributed by atoms with Crippen molar-refractivity contribution in [2.45, 2.75) is 19.4 Å². The average Bonchev–Trinajstić information content (AvgIpc) is 2.88. The fraction of sp³-hybridized carbons (Fsp3) is 0.462. The molecule has 1 heterocycles. The minimum atomic E-state index is -0.588. The summed E-state index contributed by atoms with van der Waals surface area (Å²) in [6.07, 6.45) is 4.59. The van der Waals surface area contributed by atoms with E-state index < -0.39 is 6.04 Å². The van der Waals surface area contributed by atoms with E-state index >= 15 is 0 Å². The predicted octanol–water partition coefficient (Wildman–Crippen LogP) is 2.22. The Morgan fingerprint density at radius 1 is 1.61 bits per heavy atom. The second-order valence-electron chi connectivity index (χ2n) is 4.11. The van der Waals surface area contributed by atoms with E-state index in [2.05, 4.69) is 6.58 Å². The number of rotatable bonds is 5. The third-order valence-electron chi connectivity index (χ3n) is 2.62. The van der Waals surface area contributed by atoms with Gasteiger partial charge in [0.05, 0.1) is 11.9 Å². The predicted molar refractivity (Wildman–Crippen MR) is 74.8 cm³/mol. The molecular formula is C13H19FN2OS. The first-order valence-electron chi connectivity index (χ1n) is 5.84. The van der Waals surface area contributed by atoms with Crippen molar-refractivity contribution in [1.29, 1.82) is 0 Å². The highest BCUT2D eigenvalue weighted by Crippen LogP contribution is 2.16. The summed E-state index contributed by atoms with van der Waals surface area (Å²) in [5.74, 6) is 1.29. The Balaban J connectivity index is 2.43. The van der Waals surface area contributed by atoms with Crippen molar-refractivity contribution in [3.63, 3.8) is 0 Å². The number of nitrogens with zero attached hydrogens (tertiary/aromatic N) is 1. The first-order chi connectivity index (χ1) is 8.54. The van der Waals surface area contributed by atoms with E-state index in [4.69, 9.17) is 5.73 Å². The van der Waals surface area contributed by atoms with Crippen LogP contribution in [0.2, 0.25) is 0 Å². The van der Waals surface area contributed by atoms with E-state index in [1.54, 1.807) is 29.7 Å². The number of thioether (sulfide) groups is 1. The molecule has 5 heteroatoms. The molecule has 1 aliphatic heterocycles. The highest BCUT2D eigenvalue weighted by molar-refractivity contribution is 7.99. The number of carbonyl (C=O) groups excluding carboxylic acids is 1. The van der Waals surface area contributed by atoms with Crippen molar-refractivity contribution in [2.24, 2.45) is 5.73 Å². The molecule has 3 nitrogen and oxygen atoms in total. The first kappa shape index (κ1) is 15.0. The molecule has 2 N–H and O–H groups in total. The van der Waals surface area contributed by atoms with Crippen molar-refractivity contribution in [3.05, 3.63) is 36.2 Å². The van der Waals surface area contributed by atoms with E-state index in [9.17, 15) is 9.18 Å². The van der Waals surface area contributed by atoms with E-state index in [0.717, 1.165) is 12.3 Å². The van der Waals surface area contributed by atoms with Gasteiger partial charge in [0.25, 0.3) is 0 Å². The minimum absolute atomic E-state index is 0.0546. The Hall–Kier alpha value is -1.07. The van der Waals surface area contributed by atoms with Gasteiger partial charge >= 0.3 is 0 Å². The molecule has 1 rings (SSSR count). The van der Waals surface area contributed by atoms with Crippen molar-refractivity contribution in [2.75, 3.05) is 18.2 Å². The van der Waals surface area contributed by atoms with Gasteiger partial charge < -0.3 is 10.6 Å². The van der Waals surface area contributed by atoms with Gasteiger partial charge in [-0.15, -0.1) is 11.8 Å². The normalized spacial score (nSPS) is 18.4. The Bertz CT molecular complexity index is 373. The number of halogens is 1. The van der Waals surface area contributed by atoms with Crippen LogP contribution in [0.25, 0.3) is 0 Å². The van der Waals surface area contributed by atoms with Crippen LogP contribution in [-0.4, -0.2) is 35.0 Å². The van der Waals surface area contributed by atoms with Gasteiger partial charge in [-0.3, -0.25) is 4.79 Å². The molecule has 1 amide bonds. The molecule has 0 spiro atoms. The molecule has 1 aliphatic rings. The van der Waals surface area contributed by atoms with E-state index in [1.165, 1.54) is 12.2 Å². The lowest BCUT2D eigenvalue weighted by molar-refractivity contribution is -0.131. The molecule has 1 atom stereocenters. The van der Waals surface area contributed by atoms with Crippen molar-refractivity contribution in [1.82, 2.24) is 4.90 Å². The summed E-state index contributed by atoms with van der Waals surface area (Å²) in [4.78, 5) is 13.7. The molecular weight excluding hydrogens is 251 g/mol. The van der Waals surface area contributed by atoms with Gasteiger partial charge in [-0.2, -0.15) is 0 Å². The van der Waals surface area contributed by atoms with Crippen LogP contribution in [0.4, 0.5) is 4.39 Å². The van der Waals surface area contributed by atoms with Crippen LogP contribution in [-0.2, 0) is 4.79 Å². The molecule has 0 aromatic rings. The SMILES string of the molecule is C=C(/C=C\C(F)=C/C)C[C@H](N)C(=O)N1CCSC1. The van der Waals surface area contributed by atoms with Gasteiger partial charge in [0.15, 0.2) is 0 Å². The maximum absolute atomic E-state index is 12.9. The van der Waals surface area contributed by atoms with E-state index in [-0.39, 0.29) is 11.7 Å². The quantitative estimate of drug-likeness (QED) is 0.779. The topological polar surface area (TPSA) is 46.3 Å². The average molecular weight is 270 g/mol. The molecule has 0 radical (unpaired) electrons. The van der Waals surface area contributed by atoms with Gasteiger partial charge in [-0.05, 0) is 19.4 Å². The van der Waals surface area contributed by atoms with Crippen molar-refractivity contribution in [3.8, 4) is 0 Å². The molecule has 0 unspecified atom stereocenters. The van der Waals surface area contributed by atoms with Crippen molar-refractivity contribution >= 4 is 17.7 Å².